The topological polar surface area (TPSA) is 83.1 Å². The minimum atomic E-state index is -0.722. The number of nitrogens with zero attached hydrogens (tertiary/aromatic N) is 2. The third-order valence-corrected chi connectivity index (χ3v) is 5.68. The monoisotopic (exact) mass is 440 g/mol. The fraction of sp³-hybridized carbons (Fsp3) is 0.417. The van der Waals surface area contributed by atoms with Crippen LogP contribution in [0.2, 0.25) is 0 Å². The maximum atomic E-state index is 12.5. The van der Waals surface area contributed by atoms with Gasteiger partial charge in [-0.3, -0.25) is 14.5 Å². The van der Waals surface area contributed by atoms with E-state index in [2.05, 4.69) is 44.7 Å². The summed E-state index contributed by atoms with van der Waals surface area (Å²) in [7, 11) is 7.06. The van der Waals surface area contributed by atoms with Gasteiger partial charge in [-0.15, -0.1) is 0 Å². The van der Waals surface area contributed by atoms with Gasteiger partial charge in [-0.05, 0) is 55.8 Å². The summed E-state index contributed by atoms with van der Waals surface area (Å²) in [4.78, 5) is 29.4. The first-order valence-corrected chi connectivity index (χ1v) is 10.8. The molecule has 2 amide bonds. The van der Waals surface area contributed by atoms with Crippen molar-refractivity contribution in [2.24, 2.45) is 0 Å². The lowest BCUT2D eigenvalue weighted by Crippen LogP contribution is -2.41. The molecule has 172 valence electrons. The van der Waals surface area contributed by atoms with E-state index in [0.29, 0.717) is 23.7 Å². The SMILES string of the molecule is COc1ccc(NC(=O)C(=O)NC[C@H](c2ccc(N(C)C)cc2)N2CCCC2)cc1OC. The van der Waals surface area contributed by atoms with Crippen LogP contribution in [0.1, 0.15) is 24.4 Å². The van der Waals surface area contributed by atoms with E-state index in [-0.39, 0.29) is 6.04 Å². The average Bonchev–Trinajstić information content (AvgIpc) is 3.33. The van der Waals surface area contributed by atoms with Crippen molar-refractivity contribution in [3.63, 3.8) is 0 Å². The number of benzene rings is 2. The molecule has 1 fully saturated rings. The van der Waals surface area contributed by atoms with Gasteiger partial charge in [0.05, 0.1) is 20.3 Å². The van der Waals surface area contributed by atoms with Gasteiger partial charge in [-0.1, -0.05) is 12.1 Å². The van der Waals surface area contributed by atoms with Crippen LogP contribution in [-0.2, 0) is 9.59 Å². The average molecular weight is 441 g/mol. The van der Waals surface area contributed by atoms with Gasteiger partial charge in [0.15, 0.2) is 11.5 Å². The molecular formula is C24H32N4O4. The van der Waals surface area contributed by atoms with Crippen LogP contribution in [0.15, 0.2) is 42.5 Å². The third-order valence-electron chi connectivity index (χ3n) is 5.68. The van der Waals surface area contributed by atoms with Crippen molar-refractivity contribution >= 4 is 23.2 Å². The maximum absolute atomic E-state index is 12.5. The van der Waals surface area contributed by atoms with Crippen LogP contribution in [0.3, 0.4) is 0 Å². The maximum Gasteiger partial charge on any atom is 0.313 e. The Morgan fingerprint density at radius 2 is 1.62 bits per heavy atom. The molecule has 0 aliphatic carbocycles. The zero-order valence-corrected chi connectivity index (χ0v) is 19.2. The van der Waals surface area contributed by atoms with Crippen LogP contribution < -0.4 is 25.0 Å². The number of amides is 2. The van der Waals surface area contributed by atoms with Crippen molar-refractivity contribution in [3.8, 4) is 11.5 Å². The number of ether oxygens (including phenoxy) is 2. The molecule has 0 saturated carbocycles. The summed E-state index contributed by atoms with van der Waals surface area (Å²) in [5, 5.41) is 5.42. The normalized spacial score (nSPS) is 14.5. The molecule has 1 saturated heterocycles. The van der Waals surface area contributed by atoms with Crippen LogP contribution in [0.5, 0.6) is 11.5 Å². The van der Waals surface area contributed by atoms with Gasteiger partial charge in [0.25, 0.3) is 0 Å². The quantitative estimate of drug-likeness (QED) is 0.614. The number of hydrogen-bond donors (Lipinski definition) is 2. The van der Waals surface area contributed by atoms with Crippen LogP contribution in [0, 0.1) is 0 Å². The van der Waals surface area contributed by atoms with E-state index in [4.69, 9.17) is 9.47 Å². The third kappa shape index (κ3) is 5.70. The Kier molecular flexibility index (Phi) is 7.94. The molecule has 8 heteroatoms. The molecule has 2 N–H and O–H groups in total. The predicted octanol–water partition coefficient (Wildman–Crippen LogP) is 2.66. The molecule has 2 aromatic carbocycles. The highest BCUT2D eigenvalue weighted by molar-refractivity contribution is 6.39. The van der Waals surface area contributed by atoms with Gasteiger partial charge in [0.2, 0.25) is 0 Å². The second-order valence-electron chi connectivity index (χ2n) is 7.98. The molecule has 1 aliphatic rings. The number of carbonyl (C=O) groups excluding carboxylic acids is 2. The van der Waals surface area contributed by atoms with E-state index in [9.17, 15) is 9.59 Å². The lowest BCUT2D eigenvalue weighted by Gasteiger charge is -2.28. The van der Waals surface area contributed by atoms with Crippen molar-refractivity contribution in [3.05, 3.63) is 48.0 Å². The fourth-order valence-corrected chi connectivity index (χ4v) is 3.88. The zero-order valence-electron chi connectivity index (χ0n) is 19.2. The summed E-state index contributed by atoms with van der Waals surface area (Å²) in [6.07, 6.45) is 2.28. The minimum Gasteiger partial charge on any atom is -0.493 e. The van der Waals surface area contributed by atoms with E-state index < -0.39 is 11.8 Å². The first-order chi connectivity index (χ1) is 15.4. The van der Waals surface area contributed by atoms with Crippen molar-refractivity contribution in [2.75, 3.05) is 58.2 Å². The molecule has 1 atom stereocenters. The van der Waals surface area contributed by atoms with E-state index in [0.717, 1.165) is 37.2 Å². The summed E-state index contributed by atoms with van der Waals surface area (Å²) < 4.78 is 10.4. The van der Waals surface area contributed by atoms with E-state index in [1.807, 2.05) is 14.1 Å². The van der Waals surface area contributed by atoms with Crippen molar-refractivity contribution in [1.82, 2.24) is 10.2 Å². The Balaban J connectivity index is 1.64. The second-order valence-corrected chi connectivity index (χ2v) is 7.98. The minimum absolute atomic E-state index is 0.0199. The first-order valence-electron chi connectivity index (χ1n) is 10.8. The number of methoxy groups -OCH3 is 2. The molecule has 1 aliphatic heterocycles. The number of anilines is 2. The largest absolute Gasteiger partial charge is 0.493 e. The highest BCUT2D eigenvalue weighted by Gasteiger charge is 2.25. The molecule has 0 radical (unpaired) electrons. The van der Waals surface area contributed by atoms with Crippen molar-refractivity contribution in [2.45, 2.75) is 18.9 Å². The smallest absolute Gasteiger partial charge is 0.313 e. The molecule has 2 aromatic rings. The summed E-state index contributed by atoms with van der Waals surface area (Å²) in [5.74, 6) is -0.376. The molecule has 8 nitrogen and oxygen atoms in total. The molecular weight excluding hydrogens is 408 g/mol. The number of rotatable bonds is 8. The summed E-state index contributed by atoms with van der Waals surface area (Å²) >= 11 is 0. The van der Waals surface area contributed by atoms with Crippen LogP contribution >= 0.6 is 0 Å². The van der Waals surface area contributed by atoms with Gasteiger partial charge >= 0.3 is 11.8 Å². The predicted molar refractivity (Wildman–Crippen MR) is 126 cm³/mol. The number of likely N-dealkylation sites (tertiary alicyclic amines) is 1. The second kappa shape index (κ2) is 10.9. The molecule has 3 rings (SSSR count). The van der Waals surface area contributed by atoms with Gasteiger partial charge in [-0.25, -0.2) is 0 Å². The fourth-order valence-electron chi connectivity index (χ4n) is 3.88. The van der Waals surface area contributed by atoms with Crippen LogP contribution in [0.4, 0.5) is 11.4 Å². The van der Waals surface area contributed by atoms with E-state index in [1.54, 1.807) is 18.2 Å². The Morgan fingerprint density at radius 3 is 2.22 bits per heavy atom. The number of nitrogens with one attached hydrogen (secondary N) is 2. The molecule has 1 heterocycles. The molecule has 32 heavy (non-hydrogen) atoms. The first kappa shape index (κ1) is 23.4. The van der Waals surface area contributed by atoms with Gasteiger partial charge < -0.3 is 25.0 Å². The summed E-state index contributed by atoms with van der Waals surface area (Å²) in [6, 6.07) is 13.3. The molecule has 0 spiro atoms. The van der Waals surface area contributed by atoms with Gasteiger partial charge in [-0.2, -0.15) is 0 Å². The zero-order chi connectivity index (χ0) is 23.1. The Bertz CT molecular complexity index is 924. The summed E-state index contributed by atoms with van der Waals surface area (Å²) in [6.45, 7) is 2.32. The standard InChI is InChI=1S/C24H32N4O4/c1-27(2)19-10-7-17(8-11-19)20(28-13-5-6-14-28)16-25-23(29)24(30)26-18-9-12-21(31-3)22(15-18)32-4/h7-12,15,20H,5-6,13-14,16H2,1-4H3,(H,25,29)(H,26,30)/t20-/m1/s1. The van der Waals surface area contributed by atoms with Gasteiger partial charge in [0.1, 0.15) is 0 Å². The molecule has 0 unspecified atom stereocenters. The number of hydrogen-bond acceptors (Lipinski definition) is 6. The molecule has 0 bridgehead atoms. The van der Waals surface area contributed by atoms with E-state index in [1.165, 1.54) is 14.2 Å². The lowest BCUT2D eigenvalue weighted by atomic mass is 10.0. The van der Waals surface area contributed by atoms with Crippen molar-refractivity contribution < 1.29 is 19.1 Å². The van der Waals surface area contributed by atoms with Crippen molar-refractivity contribution in [1.29, 1.82) is 0 Å². The van der Waals surface area contributed by atoms with E-state index >= 15 is 0 Å². The Hall–Kier alpha value is -3.26. The summed E-state index contributed by atoms with van der Waals surface area (Å²) in [5.41, 5.74) is 2.70. The lowest BCUT2D eigenvalue weighted by molar-refractivity contribution is -0.136. The Morgan fingerprint density at radius 1 is 0.969 bits per heavy atom. The highest BCUT2D eigenvalue weighted by Crippen LogP contribution is 2.30. The van der Waals surface area contributed by atoms with Crippen LogP contribution in [0.25, 0.3) is 0 Å². The van der Waals surface area contributed by atoms with Gasteiger partial charge in [0, 0.05) is 38.1 Å². The van der Waals surface area contributed by atoms with Crippen LogP contribution in [-0.4, -0.2) is 64.7 Å². The molecule has 0 aromatic heterocycles. The Labute approximate surface area is 189 Å². The number of carbonyl (C=O) groups is 2. The highest BCUT2D eigenvalue weighted by atomic mass is 16.5.